The third kappa shape index (κ3) is 7.99. The maximum Gasteiger partial charge on any atom is 0.407 e. The lowest BCUT2D eigenvalue weighted by Crippen LogP contribution is -2.47. The lowest BCUT2D eigenvalue weighted by molar-refractivity contribution is -0.128. The van der Waals surface area contributed by atoms with E-state index in [0.29, 0.717) is 13.1 Å². The summed E-state index contributed by atoms with van der Waals surface area (Å²) < 4.78 is 5.15. The number of ether oxygens (including phenoxy) is 1. The van der Waals surface area contributed by atoms with Crippen molar-refractivity contribution in [2.75, 3.05) is 20.1 Å². The lowest BCUT2D eigenvalue weighted by atomic mass is 9.92. The molecule has 0 aromatic rings. The van der Waals surface area contributed by atoms with Gasteiger partial charge in [-0.15, -0.1) is 0 Å². The third-order valence-electron chi connectivity index (χ3n) is 2.69. The van der Waals surface area contributed by atoms with Gasteiger partial charge in [0.05, 0.1) is 5.41 Å². The van der Waals surface area contributed by atoms with E-state index in [0.717, 1.165) is 0 Å². The normalized spacial score (nSPS) is 13.6. The van der Waals surface area contributed by atoms with Gasteiger partial charge in [-0.3, -0.25) is 4.79 Å². The van der Waals surface area contributed by atoms with Crippen molar-refractivity contribution in [3.63, 3.8) is 0 Å². The Balaban J connectivity index is 4.04. The Kier molecular flexibility index (Phi) is 6.99. The molecule has 6 heteroatoms. The molecule has 6 nitrogen and oxygen atoms in total. The van der Waals surface area contributed by atoms with Crippen LogP contribution >= 0.6 is 0 Å². The van der Waals surface area contributed by atoms with Crippen LogP contribution in [0.4, 0.5) is 4.79 Å². The molecule has 0 heterocycles. The molecule has 0 spiro atoms. The van der Waals surface area contributed by atoms with Crippen LogP contribution in [0.15, 0.2) is 0 Å². The van der Waals surface area contributed by atoms with E-state index >= 15 is 0 Å². The SMILES string of the molecule is CNC(=O)C(C)(C)CNC(C)CNC(=O)OC(C)(C)C. The van der Waals surface area contributed by atoms with Crippen molar-refractivity contribution >= 4 is 12.0 Å². The quantitative estimate of drug-likeness (QED) is 0.687. The van der Waals surface area contributed by atoms with Crippen molar-refractivity contribution in [3.8, 4) is 0 Å². The van der Waals surface area contributed by atoms with Gasteiger partial charge in [0.25, 0.3) is 0 Å². The van der Waals surface area contributed by atoms with E-state index in [9.17, 15) is 9.59 Å². The van der Waals surface area contributed by atoms with Crippen LogP contribution in [0.3, 0.4) is 0 Å². The molecular weight excluding hydrogens is 258 g/mol. The van der Waals surface area contributed by atoms with Crippen molar-refractivity contribution in [2.24, 2.45) is 5.41 Å². The van der Waals surface area contributed by atoms with E-state index in [1.54, 1.807) is 7.05 Å². The smallest absolute Gasteiger partial charge is 0.407 e. The van der Waals surface area contributed by atoms with Gasteiger partial charge < -0.3 is 20.7 Å². The maximum atomic E-state index is 11.6. The highest BCUT2D eigenvalue weighted by molar-refractivity contribution is 5.81. The third-order valence-corrected chi connectivity index (χ3v) is 2.69. The molecule has 0 aromatic carbocycles. The summed E-state index contributed by atoms with van der Waals surface area (Å²) >= 11 is 0. The highest BCUT2D eigenvalue weighted by atomic mass is 16.6. The topological polar surface area (TPSA) is 79.5 Å². The molecule has 118 valence electrons. The number of hydrogen-bond donors (Lipinski definition) is 3. The Morgan fingerprint density at radius 1 is 1.15 bits per heavy atom. The summed E-state index contributed by atoms with van der Waals surface area (Å²) in [6.45, 7) is 12.1. The van der Waals surface area contributed by atoms with Crippen molar-refractivity contribution in [2.45, 2.75) is 53.2 Å². The number of alkyl carbamates (subject to hydrolysis) is 1. The van der Waals surface area contributed by atoms with Crippen LogP contribution in [-0.4, -0.2) is 43.8 Å². The molecule has 2 amide bonds. The van der Waals surface area contributed by atoms with Gasteiger partial charge in [-0.05, 0) is 41.5 Å². The number of hydrogen-bond acceptors (Lipinski definition) is 4. The Labute approximate surface area is 122 Å². The number of amides is 2. The van der Waals surface area contributed by atoms with Gasteiger partial charge in [0.2, 0.25) is 5.91 Å². The molecule has 0 aliphatic heterocycles. The first-order valence-corrected chi connectivity index (χ1v) is 6.90. The average Bonchev–Trinajstić information content (AvgIpc) is 2.30. The number of carbonyl (C=O) groups excluding carboxylic acids is 2. The Morgan fingerprint density at radius 3 is 2.15 bits per heavy atom. The minimum atomic E-state index is -0.498. The van der Waals surface area contributed by atoms with Gasteiger partial charge in [-0.25, -0.2) is 4.79 Å². The van der Waals surface area contributed by atoms with Crippen LogP contribution in [-0.2, 0) is 9.53 Å². The van der Waals surface area contributed by atoms with Gasteiger partial charge in [0.1, 0.15) is 5.60 Å². The lowest BCUT2D eigenvalue weighted by Gasteiger charge is -2.26. The molecule has 0 bridgehead atoms. The van der Waals surface area contributed by atoms with Crippen LogP contribution < -0.4 is 16.0 Å². The van der Waals surface area contributed by atoms with Crippen LogP contribution in [0.1, 0.15) is 41.5 Å². The minimum absolute atomic E-state index is 0.0164. The van der Waals surface area contributed by atoms with Gasteiger partial charge in [0.15, 0.2) is 0 Å². The molecule has 0 radical (unpaired) electrons. The van der Waals surface area contributed by atoms with Gasteiger partial charge in [-0.1, -0.05) is 0 Å². The average molecular weight is 287 g/mol. The zero-order valence-corrected chi connectivity index (χ0v) is 13.7. The zero-order chi connectivity index (χ0) is 16.0. The van der Waals surface area contributed by atoms with Crippen LogP contribution in [0.2, 0.25) is 0 Å². The molecule has 0 aromatic heterocycles. The molecule has 0 saturated heterocycles. The summed E-state index contributed by atoms with van der Waals surface area (Å²) in [5.74, 6) is -0.0164. The van der Waals surface area contributed by atoms with E-state index < -0.39 is 17.1 Å². The van der Waals surface area contributed by atoms with Crippen LogP contribution in [0.25, 0.3) is 0 Å². The van der Waals surface area contributed by atoms with Gasteiger partial charge in [-0.2, -0.15) is 0 Å². The molecule has 0 rings (SSSR count). The Hall–Kier alpha value is -1.30. The maximum absolute atomic E-state index is 11.6. The standard InChI is InChI=1S/C14H29N3O3/c1-10(8-16-12(19)20-13(2,3)4)17-9-14(5,6)11(18)15-7/h10,17H,8-9H2,1-7H3,(H,15,18)(H,16,19). The second-order valence-corrected chi connectivity index (χ2v) is 6.63. The van der Waals surface area contributed by atoms with Gasteiger partial charge in [0, 0.05) is 26.2 Å². The fourth-order valence-corrected chi connectivity index (χ4v) is 1.47. The van der Waals surface area contributed by atoms with Crippen LogP contribution in [0.5, 0.6) is 0 Å². The number of nitrogens with one attached hydrogen (secondary N) is 3. The summed E-state index contributed by atoms with van der Waals surface area (Å²) in [5, 5.41) is 8.56. The van der Waals surface area contributed by atoms with Crippen molar-refractivity contribution in [3.05, 3.63) is 0 Å². The summed E-state index contributed by atoms with van der Waals surface area (Å²) in [6, 6.07) is 0.0476. The predicted molar refractivity (Wildman–Crippen MR) is 79.5 cm³/mol. The minimum Gasteiger partial charge on any atom is -0.444 e. The molecule has 1 atom stereocenters. The number of rotatable bonds is 6. The second-order valence-electron chi connectivity index (χ2n) is 6.63. The van der Waals surface area contributed by atoms with E-state index in [1.807, 2.05) is 41.5 Å². The molecule has 0 fully saturated rings. The molecule has 20 heavy (non-hydrogen) atoms. The first-order chi connectivity index (χ1) is 8.98. The summed E-state index contributed by atoms with van der Waals surface area (Å²) in [4.78, 5) is 23.1. The highest BCUT2D eigenvalue weighted by Crippen LogP contribution is 2.13. The van der Waals surface area contributed by atoms with Crippen LogP contribution in [0, 0.1) is 5.41 Å². The largest absolute Gasteiger partial charge is 0.444 e. The Morgan fingerprint density at radius 2 is 1.70 bits per heavy atom. The summed E-state index contributed by atoms with van der Waals surface area (Å²) in [7, 11) is 1.62. The molecule has 3 N–H and O–H groups in total. The van der Waals surface area contributed by atoms with Crippen molar-refractivity contribution in [1.82, 2.24) is 16.0 Å². The predicted octanol–water partition coefficient (Wildman–Crippen LogP) is 1.26. The van der Waals surface area contributed by atoms with Gasteiger partial charge >= 0.3 is 6.09 Å². The summed E-state index contributed by atoms with van der Waals surface area (Å²) in [5.41, 5.74) is -0.989. The highest BCUT2D eigenvalue weighted by Gasteiger charge is 2.26. The van der Waals surface area contributed by atoms with E-state index in [-0.39, 0.29) is 11.9 Å². The van der Waals surface area contributed by atoms with E-state index in [2.05, 4.69) is 16.0 Å². The number of carbonyl (C=O) groups is 2. The van der Waals surface area contributed by atoms with E-state index in [4.69, 9.17) is 4.74 Å². The fourth-order valence-electron chi connectivity index (χ4n) is 1.47. The molecule has 0 aliphatic rings. The first kappa shape index (κ1) is 18.7. The summed E-state index contributed by atoms with van der Waals surface area (Å²) in [6.07, 6.45) is -0.434. The van der Waals surface area contributed by atoms with Crippen molar-refractivity contribution in [1.29, 1.82) is 0 Å². The fraction of sp³-hybridized carbons (Fsp3) is 0.857. The van der Waals surface area contributed by atoms with E-state index in [1.165, 1.54) is 0 Å². The molecule has 1 unspecified atom stereocenters. The molecule has 0 saturated carbocycles. The first-order valence-electron chi connectivity index (χ1n) is 6.90. The second kappa shape index (κ2) is 7.47. The molecular formula is C14H29N3O3. The Bertz CT molecular complexity index is 335. The van der Waals surface area contributed by atoms with Crippen molar-refractivity contribution < 1.29 is 14.3 Å². The monoisotopic (exact) mass is 287 g/mol. The molecule has 0 aliphatic carbocycles. The zero-order valence-electron chi connectivity index (χ0n) is 13.7.